The van der Waals surface area contributed by atoms with Crippen LogP contribution < -0.4 is 0 Å². The molecule has 3 rings (SSSR count). The van der Waals surface area contributed by atoms with E-state index < -0.39 is 46.2 Å². The molecule has 2 bridgehead atoms. The summed E-state index contributed by atoms with van der Waals surface area (Å²) in [5.74, 6) is -8.61. The third kappa shape index (κ3) is 0.910. The first-order chi connectivity index (χ1) is 7.02. The molecule has 0 aliphatic heterocycles. The van der Waals surface area contributed by atoms with E-state index in [-0.39, 0.29) is 0 Å². The standard InChI is InChI=1S/C8H6BrF5O2/c9-7(14)5(12)1-2-6(13,8(7,15)16)4(11)3(5)10/h15-16H,1-2H2/t5-,6+,7+/m1/s1. The van der Waals surface area contributed by atoms with Crippen LogP contribution in [-0.2, 0) is 0 Å². The number of hydrogen-bond acceptors (Lipinski definition) is 2. The van der Waals surface area contributed by atoms with Crippen LogP contribution in [-0.4, -0.2) is 31.9 Å². The maximum Gasteiger partial charge on any atom is 0.261 e. The molecule has 3 aliphatic carbocycles. The minimum atomic E-state index is -4.02. The van der Waals surface area contributed by atoms with E-state index in [1.54, 1.807) is 0 Å². The van der Waals surface area contributed by atoms with Crippen molar-refractivity contribution in [2.75, 3.05) is 0 Å². The Morgan fingerprint density at radius 1 is 0.938 bits per heavy atom. The van der Waals surface area contributed by atoms with Crippen molar-refractivity contribution in [2.24, 2.45) is 0 Å². The number of fused-ring (bicyclic) bond motifs is 2. The van der Waals surface area contributed by atoms with Crippen LogP contribution in [0.2, 0.25) is 0 Å². The Kier molecular flexibility index (Phi) is 2.13. The van der Waals surface area contributed by atoms with Gasteiger partial charge in [-0.25, -0.2) is 22.0 Å². The molecule has 0 spiro atoms. The topological polar surface area (TPSA) is 40.5 Å². The average Bonchev–Trinajstić information content (AvgIpc) is 2.18. The maximum absolute atomic E-state index is 13.8. The minimum Gasteiger partial charge on any atom is -0.360 e. The summed E-state index contributed by atoms with van der Waals surface area (Å²) in [5.41, 5.74) is -7.32. The largest absolute Gasteiger partial charge is 0.360 e. The van der Waals surface area contributed by atoms with Gasteiger partial charge in [-0.15, -0.1) is 0 Å². The molecule has 2 nitrogen and oxygen atoms in total. The van der Waals surface area contributed by atoms with Crippen molar-refractivity contribution in [2.45, 2.75) is 34.5 Å². The van der Waals surface area contributed by atoms with E-state index >= 15 is 0 Å². The first-order valence-electron chi connectivity index (χ1n) is 4.29. The van der Waals surface area contributed by atoms with Crippen molar-refractivity contribution < 1.29 is 32.2 Å². The van der Waals surface area contributed by atoms with Crippen LogP contribution in [0.25, 0.3) is 0 Å². The van der Waals surface area contributed by atoms with Crippen LogP contribution in [0, 0.1) is 0 Å². The Labute approximate surface area is 94.9 Å². The van der Waals surface area contributed by atoms with E-state index in [1.807, 2.05) is 15.9 Å². The van der Waals surface area contributed by atoms with Gasteiger partial charge in [-0.2, -0.15) is 0 Å². The SMILES string of the molecule is OC1(O)[C@](F)(Br)[C@@]2(F)CC[C@]1(F)C(F)=C2F. The average molecular weight is 309 g/mol. The van der Waals surface area contributed by atoms with E-state index in [9.17, 15) is 32.2 Å². The van der Waals surface area contributed by atoms with Gasteiger partial charge in [0.05, 0.1) is 0 Å². The number of rotatable bonds is 0. The third-order valence-corrected chi connectivity index (χ3v) is 4.37. The fourth-order valence-corrected chi connectivity index (χ4v) is 2.75. The number of hydrogen-bond donors (Lipinski definition) is 2. The lowest BCUT2D eigenvalue weighted by Crippen LogP contribution is -2.76. The molecule has 0 radical (unpaired) electrons. The van der Waals surface area contributed by atoms with Gasteiger partial charge in [0.2, 0.25) is 11.3 Å². The lowest BCUT2D eigenvalue weighted by molar-refractivity contribution is -0.332. The van der Waals surface area contributed by atoms with E-state index in [0.29, 0.717) is 0 Å². The molecule has 0 heterocycles. The molecule has 2 N–H and O–H groups in total. The van der Waals surface area contributed by atoms with Gasteiger partial charge >= 0.3 is 0 Å². The molecule has 0 amide bonds. The van der Waals surface area contributed by atoms with Gasteiger partial charge in [0.25, 0.3) is 10.4 Å². The summed E-state index contributed by atoms with van der Waals surface area (Å²) in [5, 5.41) is 18.4. The molecule has 8 heteroatoms. The zero-order chi connectivity index (χ0) is 12.6. The minimum absolute atomic E-state index is 1.03. The number of aliphatic hydroxyl groups is 2. The summed E-state index contributed by atoms with van der Waals surface area (Å²) in [6.45, 7) is 0. The van der Waals surface area contributed by atoms with E-state index in [4.69, 9.17) is 0 Å². The highest BCUT2D eigenvalue weighted by Gasteiger charge is 2.83. The fourth-order valence-electron chi connectivity index (χ4n) is 2.06. The molecule has 3 atom stereocenters. The number of alkyl halides is 4. The Hall–Kier alpha value is -0.210. The molecular formula is C8H6BrF5O2. The second-order valence-electron chi connectivity index (χ2n) is 3.98. The van der Waals surface area contributed by atoms with Crippen LogP contribution in [0.3, 0.4) is 0 Å². The van der Waals surface area contributed by atoms with Crippen molar-refractivity contribution in [1.29, 1.82) is 0 Å². The van der Waals surface area contributed by atoms with Crippen molar-refractivity contribution in [1.82, 2.24) is 0 Å². The second-order valence-corrected chi connectivity index (χ2v) is 5.07. The molecule has 0 aromatic carbocycles. The fraction of sp³-hybridized carbons (Fsp3) is 0.750. The summed E-state index contributed by atoms with van der Waals surface area (Å²) in [4.78, 5) is 0. The Morgan fingerprint density at radius 3 is 1.81 bits per heavy atom. The lowest BCUT2D eigenvalue weighted by atomic mass is 9.65. The molecule has 3 aliphatic rings. The Morgan fingerprint density at radius 2 is 1.31 bits per heavy atom. The number of halogens is 6. The van der Waals surface area contributed by atoms with Gasteiger partial charge in [-0.05, 0) is 28.8 Å². The predicted molar refractivity (Wildman–Crippen MR) is 46.1 cm³/mol. The van der Waals surface area contributed by atoms with E-state index in [2.05, 4.69) is 0 Å². The van der Waals surface area contributed by atoms with E-state index in [1.165, 1.54) is 0 Å². The van der Waals surface area contributed by atoms with Crippen molar-refractivity contribution >= 4 is 15.9 Å². The highest BCUT2D eigenvalue weighted by atomic mass is 79.9. The van der Waals surface area contributed by atoms with Gasteiger partial charge in [0, 0.05) is 0 Å². The van der Waals surface area contributed by atoms with Crippen LogP contribution in [0.1, 0.15) is 12.8 Å². The van der Waals surface area contributed by atoms with Crippen molar-refractivity contribution in [3.63, 3.8) is 0 Å². The van der Waals surface area contributed by atoms with Gasteiger partial charge < -0.3 is 10.2 Å². The molecule has 1 saturated carbocycles. The van der Waals surface area contributed by atoms with Gasteiger partial charge in [-0.3, -0.25) is 0 Å². The summed E-state index contributed by atoms with van der Waals surface area (Å²) < 4.78 is 63.8. The maximum atomic E-state index is 13.8. The molecular weight excluding hydrogens is 303 g/mol. The first-order valence-corrected chi connectivity index (χ1v) is 5.08. The zero-order valence-electron chi connectivity index (χ0n) is 7.58. The summed E-state index contributed by atoms with van der Waals surface area (Å²) in [7, 11) is 0. The van der Waals surface area contributed by atoms with Crippen LogP contribution in [0.15, 0.2) is 11.7 Å². The van der Waals surface area contributed by atoms with Gasteiger partial charge in [-0.1, -0.05) is 0 Å². The van der Waals surface area contributed by atoms with Gasteiger partial charge in [0.1, 0.15) is 0 Å². The predicted octanol–water partition coefficient (Wildman–Crippen LogP) is 2.10. The molecule has 0 aromatic heterocycles. The zero-order valence-corrected chi connectivity index (χ0v) is 9.16. The molecule has 0 saturated heterocycles. The normalized spacial score (nSPS) is 51.0. The quantitative estimate of drug-likeness (QED) is 0.409. The second kappa shape index (κ2) is 2.78. The third-order valence-electron chi connectivity index (χ3n) is 3.19. The van der Waals surface area contributed by atoms with Gasteiger partial charge in [0.15, 0.2) is 11.7 Å². The summed E-state index contributed by atoms with van der Waals surface area (Å²) >= 11 is 1.91. The summed E-state index contributed by atoms with van der Waals surface area (Å²) in [6, 6.07) is 0. The Bertz CT molecular complexity index is 360. The van der Waals surface area contributed by atoms with Crippen molar-refractivity contribution in [3.8, 4) is 0 Å². The molecule has 92 valence electrons. The Balaban J connectivity index is 2.79. The van der Waals surface area contributed by atoms with Crippen molar-refractivity contribution in [3.05, 3.63) is 11.7 Å². The number of allylic oxidation sites excluding steroid dienone is 1. The molecule has 1 fully saturated rings. The van der Waals surface area contributed by atoms with Crippen LogP contribution >= 0.6 is 15.9 Å². The monoisotopic (exact) mass is 308 g/mol. The first kappa shape index (κ1) is 12.3. The van der Waals surface area contributed by atoms with Crippen LogP contribution in [0.5, 0.6) is 0 Å². The van der Waals surface area contributed by atoms with Crippen LogP contribution in [0.4, 0.5) is 22.0 Å². The highest BCUT2D eigenvalue weighted by molar-refractivity contribution is 9.10. The molecule has 0 unspecified atom stereocenters. The highest BCUT2D eigenvalue weighted by Crippen LogP contribution is 2.66. The molecule has 16 heavy (non-hydrogen) atoms. The molecule has 0 aromatic rings. The smallest absolute Gasteiger partial charge is 0.261 e. The van der Waals surface area contributed by atoms with E-state index in [0.717, 1.165) is 0 Å². The summed E-state index contributed by atoms with van der Waals surface area (Å²) in [6.07, 6.45) is -2.10. The lowest BCUT2D eigenvalue weighted by Gasteiger charge is -2.55.